The molecular formula is C13H15NO4. The van der Waals surface area contributed by atoms with E-state index in [0.29, 0.717) is 11.3 Å². The maximum atomic E-state index is 11.8. The van der Waals surface area contributed by atoms with Crippen molar-refractivity contribution in [3.63, 3.8) is 0 Å². The molecule has 2 heterocycles. The molecule has 5 nitrogen and oxygen atoms in total. The molecule has 1 aliphatic heterocycles. The number of carbonyl (C=O) groups excluding carboxylic acids is 2. The molecule has 0 bridgehead atoms. The van der Waals surface area contributed by atoms with Crippen LogP contribution in [-0.2, 0) is 14.9 Å². The summed E-state index contributed by atoms with van der Waals surface area (Å²) in [4.78, 5) is 27.5. The smallest absolute Gasteiger partial charge is 0.356 e. The standard InChI is InChI=1S/C13H15NO4/c1-7-13(2,3)10-8(11(15)18-7)5-6-9(14-10)12(16)17-4/h5-7H,1-4H3. The quantitative estimate of drug-likeness (QED) is 0.709. The number of methoxy groups -OCH3 is 1. The second kappa shape index (κ2) is 4.08. The highest BCUT2D eigenvalue weighted by Gasteiger charge is 2.41. The first-order valence-electron chi connectivity index (χ1n) is 5.68. The Kier molecular flexibility index (Phi) is 2.84. The molecule has 0 aliphatic carbocycles. The van der Waals surface area contributed by atoms with Crippen molar-refractivity contribution >= 4 is 11.9 Å². The Bertz CT molecular complexity index is 522. The highest BCUT2D eigenvalue weighted by Crippen LogP contribution is 2.35. The maximum Gasteiger partial charge on any atom is 0.356 e. The minimum atomic E-state index is -0.514. The fraction of sp³-hybridized carbons (Fsp3) is 0.462. The number of nitrogens with zero attached hydrogens (tertiary/aromatic N) is 1. The molecule has 5 heteroatoms. The van der Waals surface area contributed by atoms with Gasteiger partial charge < -0.3 is 9.47 Å². The predicted octanol–water partition coefficient (Wildman–Crippen LogP) is 1.70. The number of pyridine rings is 1. The monoisotopic (exact) mass is 249 g/mol. The number of cyclic esters (lactones) is 1. The third kappa shape index (κ3) is 1.75. The summed E-state index contributed by atoms with van der Waals surface area (Å²) in [6.07, 6.45) is -0.294. The van der Waals surface area contributed by atoms with Crippen molar-refractivity contribution in [2.45, 2.75) is 32.3 Å². The van der Waals surface area contributed by atoms with Gasteiger partial charge in [-0.1, -0.05) is 13.8 Å². The molecule has 1 atom stereocenters. The van der Waals surface area contributed by atoms with E-state index in [1.165, 1.54) is 13.2 Å². The van der Waals surface area contributed by atoms with Crippen LogP contribution in [0.4, 0.5) is 0 Å². The zero-order valence-corrected chi connectivity index (χ0v) is 10.8. The molecule has 0 saturated heterocycles. The summed E-state index contributed by atoms with van der Waals surface area (Å²) in [5, 5.41) is 0. The SMILES string of the molecule is COC(=O)c1ccc2c(n1)C(C)(C)C(C)OC2=O. The summed E-state index contributed by atoms with van der Waals surface area (Å²) in [6, 6.07) is 3.03. The van der Waals surface area contributed by atoms with Gasteiger partial charge in [0.1, 0.15) is 11.8 Å². The molecule has 0 N–H and O–H groups in total. The molecular weight excluding hydrogens is 234 g/mol. The van der Waals surface area contributed by atoms with Crippen molar-refractivity contribution in [1.82, 2.24) is 4.98 Å². The fourth-order valence-electron chi connectivity index (χ4n) is 1.90. The van der Waals surface area contributed by atoms with Crippen LogP contribution in [-0.4, -0.2) is 30.1 Å². The zero-order valence-electron chi connectivity index (χ0n) is 10.8. The summed E-state index contributed by atoms with van der Waals surface area (Å²) in [5.41, 5.74) is 0.749. The third-order valence-electron chi connectivity index (χ3n) is 3.42. The average molecular weight is 249 g/mol. The van der Waals surface area contributed by atoms with E-state index in [4.69, 9.17) is 4.74 Å². The fourth-order valence-corrected chi connectivity index (χ4v) is 1.90. The Morgan fingerprint density at radius 2 is 2.11 bits per heavy atom. The number of carbonyl (C=O) groups is 2. The largest absolute Gasteiger partial charge is 0.464 e. The molecule has 0 amide bonds. The van der Waals surface area contributed by atoms with Gasteiger partial charge in [-0.3, -0.25) is 0 Å². The van der Waals surface area contributed by atoms with Crippen molar-refractivity contribution in [2.24, 2.45) is 0 Å². The van der Waals surface area contributed by atoms with Crippen molar-refractivity contribution in [3.05, 3.63) is 29.1 Å². The highest BCUT2D eigenvalue weighted by atomic mass is 16.5. The number of aromatic nitrogens is 1. The van der Waals surface area contributed by atoms with Crippen LogP contribution < -0.4 is 0 Å². The first-order chi connectivity index (χ1) is 8.37. The van der Waals surface area contributed by atoms with Crippen molar-refractivity contribution < 1.29 is 19.1 Å². The molecule has 0 radical (unpaired) electrons. The van der Waals surface area contributed by atoms with Crippen LogP contribution in [0.3, 0.4) is 0 Å². The third-order valence-corrected chi connectivity index (χ3v) is 3.42. The van der Waals surface area contributed by atoms with Crippen LogP contribution in [0.15, 0.2) is 12.1 Å². The number of hydrogen-bond donors (Lipinski definition) is 0. The number of hydrogen-bond acceptors (Lipinski definition) is 5. The summed E-state index contributed by atoms with van der Waals surface area (Å²) >= 11 is 0. The minimum absolute atomic E-state index is 0.200. The first kappa shape index (κ1) is 12.5. The summed E-state index contributed by atoms with van der Waals surface area (Å²) in [5.74, 6) is -0.916. The molecule has 1 unspecified atom stereocenters. The van der Waals surface area contributed by atoms with Crippen molar-refractivity contribution in [1.29, 1.82) is 0 Å². The van der Waals surface area contributed by atoms with Crippen LogP contribution in [0.2, 0.25) is 0 Å². The van der Waals surface area contributed by atoms with E-state index in [1.54, 1.807) is 6.07 Å². The lowest BCUT2D eigenvalue weighted by atomic mass is 9.79. The lowest BCUT2D eigenvalue weighted by molar-refractivity contribution is 0.00839. The van der Waals surface area contributed by atoms with Gasteiger partial charge in [0, 0.05) is 5.41 Å². The second-order valence-electron chi connectivity index (χ2n) is 4.85. The van der Waals surface area contributed by atoms with E-state index < -0.39 is 17.4 Å². The Hall–Kier alpha value is -1.91. The normalized spacial score (nSPS) is 20.9. The second-order valence-corrected chi connectivity index (χ2v) is 4.85. The number of ether oxygens (including phenoxy) is 2. The van der Waals surface area contributed by atoms with E-state index in [9.17, 15) is 9.59 Å². The number of rotatable bonds is 1. The van der Waals surface area contributed by atoms with Crippen molar-refractivity contribution in [2.75, 3.05) is 7.11 Å². The summed E-state index contributed by atoms with van der Waals surface area (Å²) in [6.45, 7) is 5.67. The van der Waals surface area contributed by atoms with E-state index in [0.717, 1.165) is 0 Å². The Labute approximate surface area is 105 Å². The van der Waals surface area contributed by atoms with E-state index >= 15 is 0 Å². The van der Waals surface area contributed by atoms with Gasteiger partial charge in [0.05, 0.1) is 18.4 Å². The molecule has 0 spiro atoms. The van der Waals surface area contributed by atoms with Crippen LogP contribution in [0.25, 0.3) is 0 Å². The van der Waals surface area contributed by atoms with Gasteiger partial charge in [0.15, 0.2) is 0 Å². The Morgan fingerprint density at radius 3 is 2.72 bits per heavy atom. The Morgan fingerprint density at radius 1 is 1.44 bits per heavy atom. The Balaban J connectivity index is 2.59. The molecule has 0 aromatic carbocycles. The molecule has 0 saturated carbocycles. The van der Waals surface area contributed by atoms with Gasteiger partial charge >= 0.3 is 11.9 Å². The van der Waals surface area contributed by atoms with Gasteiger partial charge in [0.25, 0.3) is 0 Å². The van der Waals surface area contributed by atoms with Crippen LogP contribution in [0.5, 0.6) is 0 Å². The molecule has 2 rings (SSSR count). The van der Waals surface area contributed by atoms with Gasteiger partial charge in [-0.05, 0) is 19.1 Å². The highest BCUT2D eigenvalue weighted by molar-refractivity contribution is 5.94. The van der Waals surface area contributed by atoms with Crippen molar-refractivity contribution in [3.8, 4) is 0 Å². The molecule has 18 heavy (non-hydrogen) atoms. The summed E-state index contributed by atoms with van der Waals surface area (Å²) in [7, 11) is 1.30. The minimum Gasteiger partial charge on any atom is -0.464 e. The average Bonchev–Trinajstić information content (AvgIpc) is 2.35. The molecule has 96 valence electrons. The van der Waals surface area contributed by atoms with Gasteiger partial charge in [-0.15, -0.1) is 0 Å². The molecule has 1 aromatic heterocycles. The number of esters is 2. The van der Waals surface area contributed by atoms with Gasteiger partial charge in [-0.25, -0.2) is 14.6 Å². The van der Waals surface area contributed by atoms with E-state index in [1.807, 2.05) is 20.8 Å². The van der Waals surface area contributed by atoms with Crippen LogP contribution >= 0.6 is 0 Å². The van der Waals surface area contributed by atoms with E-state index in [2.05, 4.69) is 9.72 Å². The predicted molar refractivity (Wildman–Crippen MR) is 63.5 cm³/mol. The van der Waals surface area contributed by atoms with Crippen LogP contribution in [0.1, 0.15) is 47.3 Å². The van der Waals surface area contributed by atoms with Gasteiger partial charge in [0.2, 0.25) is 0 Å². The molecule has 1 aromatic rings. The van der Waals surface area contributed by atoms with Gasteiger partial charge in [-0.2, -0.15) is 0 Å². The topological polar surface area (TPSA) is 65.5 Å². The maximum absolute atomic E-state index is 11.8. The summed E-state index contributed by atoms with van der Waals surface area (Å²) < 4.78 is 9.89. The van der Waals surface area contributed by atoms with Crippen LogP contribution in [0, 0.1) is 0 Å². The van der Waals surface area contributed by atoms with E-state index in [-0.39, 0.29) is 11.8 Å². The molecule has 0 fully saturated rings. The lowest BCUT2D eigenvalue weighted by Crippen LogP contribution is -2.42. The molecule has 1 aliphatic rings. The first-order valence-corrected chi connectivity index (χ1v) is 5.68. The number of fused-ring (bicyclic) bond motifs is 1. The zero-order chi connectivity index (χ0) is 13.5. The lowest BCUT2D eigenvalue weighted by Gasteiger charge is -2.36.